The van der Waals surface area contributed by atoms with Gasteiger partial charge in [0.1, 0.15) is 5.75 Å². The molecule has 2 N–H and O–H groups in total. The van der Waals surface area contributed by atoms with Gasteiger partial charge in [-0.1, -0.05) is 18.2 Å². The number of para-hydroxylation sites is 1. The molecule has 3 heteroatoms. The van der Waals surface area contributed by atoms with Gasteiger partial charge in [0.15, 0.2) is 0 Å². The summed E-state index contributed by atoms with van der Waals surface area (Å²) < 4.78 is 0. The average Bonchev–Trinajstić information content (AvgIpc) is 2.92. The van der Waals surface area contributed by atoms with Gasteiger partial charge in [-0.15, -0.1) is 11.3 Å². The topological polar surface area (TPSA) is 32.3 Å². The number of nitrogens with one attached hydrogen (secondary N) is 1. The summed E-state index contributed by atoms with van der Waals surface area (Å²) in [6.07, 6.45) is 3.84. The lowest BCUT2D eigenvalue weighted by Gasteiger charge is -2.05. The molecule has 0 unspecified atom stereocenters. The molecule has 0 saturated carbocycles. The zero-order valence-corrected chi connectivity index (χ0v) is 11.1. The number of hydrogen-bond acceptors (Lipinski definition) is 3. The Morgan fingerprint density at radius 2 is 2.06 bits per heavy atom. The summed E-state index contributed by atoms with van der Waals surface area (Å²) in [5.74, 6) is 0.374. The van der Waals surface area contributed by atoms with Crippen molar-refractivity contribution in [2.75, 3.05) is 0 Å². The Morgan fingerprint density at radius 1 is 1.17 bits per heavy atom. The highest BCUT2D eigenvalue weighted by Crippen LogP contribution is 2.30. The molecule has 0 aliphatic heterocycles. The Morgan fingerprint density at radius 3 is 2.89 bits per heavy atom. The van der Waals surface area contributed by atoms with Crippen molar-refractivity contribution in [3.05, 3.63) is 51.2 Å². The minimum atomic E-state index is 0.374. The molecule has 0 atom stereocenters. The van der Waals surface area contributed by atoms with Crippen molar-refractivity contribution >= 4 is 11.3 Å². The molecular formula is C15H17NOS. The molecule has 1 aliphatic carbocycles. The Balaban J connectivity index is 1.57. The number of fused-ring (bicyclic) bond motifs is 1. The lowest BCUT2D eigenvalue weighted by molar-refractivity contribution is 0.464. The minimum absolute atomic E-state index is 0.374. The summed E-state index contributed by atoms with van der Waals surface area (Å²) in [5, 5.41) is 13.1. The third kappa shape index (κ3) is 2.42. The van der Waals surface area contributed by atoms with Gasteiger partial charge in [-0.2, -0.15) is 0 Å². The van der Waals surface area contributed by atoms with Crippen LogP contribution in [0.4, 0.5) is 0 Å². The van der Waals surface area contributed by atoms with Crippen LogP contribution in [0, 0.1) is 0 Å². The predicted octanol–water partition coefficient (Wildman–Crippen LogP) is 3.23. The summed E-state index contributed by atoms with van der Waals surface area (Å²) in [4.78, 5) is 2.99. The van der Waals surface area contributed by atoms with E-state index in [1.807, 2.05) is 29.5 Å². The highest BCUT2D eigenvalue weighted by Gasteiger charge is 2.14. The van der Waals surface area contributed by atoms with Crippen molar-refractivity contribution in [2.45, 2.75) is 32.4 Å². The van der Waals surface area contributed by atoms with E-state index in [-0.39, 0.29) is 0 Å². The van der Waals surface area contributed by atoms with Crippen molar-refractivity contribution in [2.24, 2.45) is 0 Å². The summed E-state index contributed by atoms with van der Waals surface area (Å²) >= 11 is 1.94. The number of rotatable bonds is 4. The lowest BCUT2D eigenvalue weighted by Crippen LogP contribution is -2.11. The fraction of sp³-hybridized carbons (Fsp3) is 0.333. The van der Waals surface area contributed by atoms with E-state index in [1.165, 1.54) is 24.1 Å². The van der Waals surface area contributed by atoms with Crippen molar-refractivity contribution in [1.82, 2.24) is 5.32 Å². The number of phenols is 1. The van der Waals surface area contributed by atoms with Crippen LogP contribution in [0.3, 0.4) is 0 Å². The molecule has 1 aromatic carbocycles. The maximum absolute atomic E-state index is 9.67. The summed E-state index contributed by atoms with van der Waals surface area (Å²) in [5.41, 5.74) is 2.51. The molecule has 1 heterocycles. The highest BCUT2D eigenvalue weighted by molar-refractivity contribution is 7.12. The van der Waals surface area contributed by atoms with E-state index in [0.717, 1.165) is 18.7 Å². The molecular weight excluding hydrogens is 242 g/mol. The molecule has 0 radical (unpaired) electrons. The molecule has 1 aromatic heterocycles. The number of thiophene rings is 1. The monoisotopic (exact) mass is 259 g/mol. The zero-order chi connectivity index (χ0) is 12.4. The molecule has 3 rings (SSSR count). The number of phenolic OH excluding ortho intramolecular Hbond substituents is 1. The van der Waals surface area contributed by atoms with Gasteiger partial charge in [-0.25, -0.2) is 0 Å². The van der Waals surface area contributed by atoms with E-state index in [1.54, 1.807) is 16.5 Å². The van der Waals surface area contributed by atoms with Gasteiger partial charge in [0.2, 0.25) is 0 Å². The van der Waals surface area contributed by atoms with Crippen LogP contribution in [0.15, 0.2) is 30.3 Å². The molecule has 0 amide bonds. The van der Waals surface area contributed by atoms with E-state index < -0.39 is 0 Å². The lowest BCUT2D eigenvalue weighted by atomic mass is 10.2. The molecule has 0 spiro atoms. The van der Waals surface area contributed by atoms with Crippen LogP contribution in [0.2, 0.25) is 0 Å². The Labute approximate surface area is 111 Å². The summed E-state index contributed by atoms with van der Waals surface area (Å²) in [7, 11) is 0. The van der Waals surface area contributed by atoms with E-state index >= 15 is 0 Å². The Kier molecular flexibility index (Phi) is 3.35. The van der Waals surface area contributed by atoms with Crippen LogP contribution < -0.4 is 5.32 Å². The van der Waals surface area contributed by atoms with Crippen LogP contribution in [-0.4, -0.2) is 5.11 Å². The second-order valence-corrected chi connectivity index (χ2v) is 5.97. The SMILES string of the molecule is Oc1ccccc1CNCc1cc2c(s1)CCC2. The molecule has 94 valence electrons. The predicted molar refractivity (Wildman–Crippen MR) is 75.0 cm³/mol. The molecule has 18 heavy (non-hydrogen) atoms. The first-order valence-corrected chi connectivity index (χ1v) is 7.22. The number of aromatic hydroxyl groups is 1. The van der Waals surface area contributed by atoms with Crippen LogP contribution in [0.25, 0.3) is 0 Å². The van der Waals surface area contributed by atoms with Crippen LogP contribution in [0.1, 0.15) is 27.3 Å². The van der Waals surface area contributed by atoms with Crippen LogP contribution in [-0.2, 0) is 25.9 Å². The minimum Gasteiger partial charge on any atom is -0.508 e. The number of hydrogen-bond donors (Lipinski definition) is 2. The first-order chi connectivity index (χ1) is 8.83. The normalized spacial score (nSPS) is 13.8. The van der Waals surface area contributed by atoms with E-state index in [4.69, 9.17) is 0 Å². The molecule has 0 saturated heterocycles. The maximum Gasteiger partial charge on any atom is 0.120 e. The summed E-state index contributed by atoms with van der Waals surface area (Å²) in [6, 6.07) is 9.83. The van der Waals surface area contributed by atoms with Crippen LogP contribution in [0.5, 0.6) is 5.75 Å². The van der Waals surface area contributed by atoms with E-state index in [0.29, 0.717) is 5.75 Å². The zero-order valence-electron chi connectivity index (χ0n) is 10.3. The largest absolute Gasteiger partial charge is 0.508 e. The molecule has 2 nitrogen and oxygen atoms in total. The Hall–Kier alpha value is -1.32. The molecule has 2 aromatic rings. The fourth-order valence-corrected chi connectivity index (χ4v) is 3.69. The Bertz CT molecular complexity index is 526. The van der Waals surface area contributed by atoms with Gasteiger partial charge < -0.3 is 10.4 Å². The summed E-state index contributed by atoms with van der Waals surface area (Å²) in [6.45, 7) is 1.61. The maximum atomic E-state index is 9.67. The molecule has 0 bridgehead atoms. The van der Waals surface area contributed by atoms with Gasteiger partial charge >= 0.3 is 0 Å². The standard InChI is InChI=1S/C15H17NOS/c17-14-6-2-1-4-12(14)9-16-10-13-8-11-5-3-7-15(11)18-13/h1-2,4,6,8,16-17H,3,5,7,9-10H2. The van der Waals surface area contributed by atoms with E-state index in [2.05, 4.69) is 11.4 Å². The van der Waals surface area contributed by atoms with Crippen molar-refractivity contribution in [1.29, 1.82) is 0 Å². The third-order valence-electron chi connectivity index (χ3n) is 3.40. The third-order valence-corrected chi connectivity index (χ3v) is 4.64. The second-order valence-electron chi connectivity index (χ2n) is 4.75. The fourth-order valence-electron chi connectivity index (χ4n) is 2.46. The quantitative estimate of drug-likeness (QED) is 0.883. The van der Waals surface area contributed by atoms with Gasteiger partial charge in [0.25, 0.3) is 0 Å². The van der Waals surface area contributed by atoms with Gasteiger partial charge in [-0.3, -0.25) is 0 Å². The van der Waals surface area contributed by atoms with Crippen molar-refractivity contribution < 1.29 is 5.11 Å². The number of benzene rings is 1. The molecule has 1 aliphatic rings. The van der Waals surface area contributed by atoms with Crippen molar-refractivity contribution in [3.63, 3.8) is 0 Å². The first kappa shape index (κ1) is 11.8. The van der Waals surface area contributed by atoms with Gasteiger partial charge in [0, 0.05) is 28.4 Å². The van der Waals surface area contributed by atoms with Crippen molar-refractivity contribution in [3.8, 4) is 5.75 Å². The van der Waals surface area contributed by atoms with Gasteiger partial charge in [-0.05, 0) is 37.0 Å². The number of aryl methyl sites for hydroxylation is 2. The molecule has 0 fully saturated rings. The second kappa shape index (κ2) is 5.12. The smallest absolute Gasteiger partial charge is 0.120 e. The van der Waals surface area contributed by atoms with E-state index in [9.17, 15) is 5.11 Å². The average molecular weight is 259 g/mol. The highest BCUT2D eigenvalue weighted by atomic mass is 32.1. The van der Waals surface area contributed by atoms with Crippen LogP contribution >= 0.6 is 11.3 Å². The van der Waals surface area contributed by atoms with Gasteiger partial charge in [0.05, 0.1) is 0 Å². The first-order valence-electron chi connectivity index (χ1n) is 6.41.